The average molecular weight is 997 g/mol. The lowest BCUT2D eigenvalue weighted by Gasteiger charge is -2.43. The van der Waals surface area contributed by atoms with E-state index >= 15 is 0 Å². The zero-order valence-electron chi connectivity index (χ0n) is 40.6. The van der Waals surface area contributed by atoms with E-state index in [-0.39, 0.29) is 65.3 Å². The first-order valence-corrected chi connectivity index (χ1v) is 23.7. The quantitative estimate of drug-likeness (QED) is 0.114. The summed E-state index contributed by atoms with van der Waals surface area (Å²) < 4.78 is 65.7. The predicted molar refractivity (Wildman–Crippen MR) is 238 cm³/mol. The number of hydrogen-bond acceptors (Lipinski definition) is 22. The number of carbonyl (C=O) groups excluding carboxylic acids is 3. The third-order valence-corrected chi connectivity index (χ3v) is 14.1. The van der Waals surface area contributed by atoms with Crippen LogP contribution in [0.1, 0.15) is 88.7 Å². The van der Waals surface area contributed by atoms with E-state index in [0.29, 0.717) is 0 Å². The van der Waals surface area contributed by atoms with Crippen LogP contribution in [0.25, 0.3) is 10.8 Å². The molecule has 2 aromatic rings. The Hall–Kier alpha value is -3.69. The highest BCUT2D eigenvalue weighted by atomic mass is 16.7. The number of aliphatic hydroxyl groups is 6. The Labute approximate surface area is 404 Å². The molecule has 0 radical (unpaired) electrons. The van der Waals surface area contributed by atoms with Crippen LogP contribution in [-0.4, -0.2) is 195 Å². The van der Waals surface area contributed by atoms with Crippen LogP contribution in [0.5, 0.6) is 17.2 Å². The van der Waals surface area contributed by atoms with E-state index < -0.39 is 158 Å². The molecule has 1 aliphatic carbocycles. The van der Waals surface area contributed by atoms with E-state index in [0.717, 1.165) is 0 Å². The van der Waals surface area contributed by atoms with Crippen LogP contribution >= 0.6 is 0 Å². The molecule has 70 heavy (non-hydrogen) atoms. The smallest absolute Gasteiger partial charge is 0.303 e. The molecule has 22 nitrogen and oxygen atoms in total. The van der Waals surface area contributed by atoms with Crippen molar-refractivity contribution >= 4 is 28.3 Å². The van der Waals surface area contributed by atoms with Gasteiger partial charge in [-0.05, 0) is 71.0 Å². The van der Waals surface area contributed by atoms with Gasteiger partial charge in [-0.15, -0.1) is 0 Å². The second-order valence-electron chi connectivity index (χ2n) is 19.1. The predicted octanol–water partition coefficient (Wildman–Crippen LogP) is 0.705. The maximum Gasteiger partial charge on any atom is 0.303 e. The summed E-state index contributed by atoms with van der Waals surface area (Å²) in [4.78, 5) is 40.9. The summed E-state index contributed by atoms with van der Waals surface area (Å²) in [6, 6.07) is 3.06. The van der Waals surface area contributed by atoms with E-state index in [1.807, 2.05) is 0 Å². The van der Waals surface area contributed by atoms with Crippen molar-refractivity contribution in [2.75, 3.05) is 14.2 Å². The topological polar surface area (TPSA) is 315 Å². The molecule has 4 saturated heterocycles. The molecule has 4 aliphatic heterocycles. The monoisotopic (exact) mass is 996 g/mol. The number of phenolic OH excluding ortho intramolecular Hbond substituents is 2. The number of rotatable bonds is 15. The molecule has 22 heteroatoms. The summed E-state index contributed by atoms with van der Waals surface area (Å²) in [7, 11) is 2.66. The molecule has 0 unspecified atom stereocenters. The molecule has 4 heterocycles. The van der Waals surface area contributed by atoms with E-state index in [2.05, 4.69) is 0 Å². The lowest BCUT2D eigenvalue weighted by atomic mass is 9.75. The third kappa shape index (κ3) is 11.1. The fourth-order valence-corrected chi connectivity index (χ4v) is 10.3. The minimum Gasteiger partial charge on any atom is -0.507 e. The van der Waals surface area contributed by atoms with E-state index in [1.54, 1.807) is 27.7 Å². The highest BCUT2D eigenvalue weighted by molar-refractivity contribution is 6.11. The minimum absolute atomic E-state index is 0.00748. The Kier molecular flexibility index (Phi) is 17.2. The summed E-state index contributed by atoms with van der Waals surface area (Å²) in [5.74, 6) is -4.55. The molecular weight excluding hydrogens is 929 g/mol. The first-order chi connectivity index (χ1) is 33.0. The summed E-state index contributed by atoms with van der Waals surface area (Å²) in [5, 5.41) is 87.3. The van der Waals surface area contributed by atoms with Crippen molar-refractivity contribution in [3.63, 3.8) is 0 Å². The fourth-order valence-electron chi connectivity index (χ4n) is 10.3. The lowest BCUT2D eigenvalue weighted by molar-refractivity contribution is -0.311. The van der Waals surface area contributed by atoms with E-state index in [4.69, 9.17) is 52.1 Å². The number of fused-ring (bicyclic) bond motifs is 2. The standard InChI is InChI=1S/C48H68O22/c1-17-29(67-34-16-31(46(22(6)65-34)66-23(7)50)69-33-14-28(52)45(60-8)21(5)64-33)12-25-10-24-11-26(47(61-9)44(59)39(54)18(2)49)48(43(58)37(24)42(57)36(25)38(17)53)70-35-15-30(41(56)20(4)63-35)68-32-13-27(51)40(55)19(3)62-32/h10,12,18-22,26-28,30-35,39-41,45-49,51-57H,11,13-16H2,1-9H3/t18-,19+,20-,21-,22+,26+,27+,28-,30+,31-,32-,33+,34+,35+,39-,40-,41+,45-,46-,47+,48-/m0/s1. The van der Waals surface area contributed by atoms with Gasteiger partial charge < -0.3 is 93.0 Å². The lowest BCUT2D eigenvalue weighted by Crippen LogP contribution is -2.56. The van der Waals surface area contributed by atoms with E-state index in [1.165, 1.54) is 47.1 Å². The first kappa shape index (κ1) is 54.1. The molecule has 5 aliphatic rings. The van der Waals surface area contributed by atoms with Crippen molar-refractivity contribution in [1.82, 2.24) is 0 Å². The number of aliphatic hydroxyl groups excluding tert-OH is 6. The van der Waals surface area contributed by atoms with Gasteiger partial charge in [0.05, 0.1) is 59.8 Å². The number of esters is 1. The number of hydrogen-bond donors (Lipinski definition) is 8. The summed E-state index contributed by atoms with van der Waals surface area (Å²) >= 11 is 0. The van der Waals surface area contributed by atoms with Crippen LogP contribution in [0, 0.1) is 12.8 Å². The summed E-state index contributed by atoms with van der Waals surface area (Å²) in [6.07, 6.45) is -22.2. The molecule has 8 N–H and O–H groups in total. The number of phenols is 2. The number of carbonyl (C=O) groups is 3. The van der Waals surface area contributed by atoms with Gasteiger partial charge in [-0.3, -0.25) is 14.4 Å². The van der Waals surface area contributed by atoms with Gasteiger partial charge in [0.1, 0.15) is 60.0 Å². The van der Waals surface area contributed by atoms with Gasteiger partial charge in [0.25, 0.3) is 0 Å². The zero-order chi connectivity index (χ0) is 51.2. The molecule has 0 amide bonds. The molecule has 392 valence electrons. The molecule has 0 saturated carbocycles. The minimum atomic E-state index is -1.93. The van der Waals surface area contributed by atoms with Crippen LogP contribution in [0.3, 0.4) is 0 Å². The van der Waals surface area contributed by atoms with Gasteiger partial charge in [-0.2, -0.15) is 0 Å². The van der Waals surface area contributed by atoms with Crippen molar-refractivity contribution in [1.29, 1.82) is 0 Å². The van der Waals surface area contributed by atoms with E-state index in [9.17, 15) is 55.2 Å². The van der Waals surface area contributed by atoms with Gasteiger partial charge in [-0.25, -0.2) is 0 Å². The molecule has 4 fully saturated rings. The third-order valence-electron chi connectivity index (χ3n) is 14.1. The molecule has 0 bridgehead atoms. The molecule has 2 aromatic carbocycles. The molecule has 0 spiro atoms. The highest BCUT2D eigenvalue weighted by Crippen LogP contribution is 2.47. The summed E-state index contributed by atoms with van der Waals surface area (Å²) in [5.41, 5.74) is 0.107. The zero-order valence-corrected chi connectivity index (χ0v) is 40.6. The van der Waals surface area contributed by atoms with Gasteiger partial charge >= 0.3 is 5.97 Å². The Bertz CT molecular complexity index is 2160. The SMILES string of the molecule is CO[C@H]1[C@H](C)O[C@H](O[C@H]2C[C@@H](Oc3cc4cc5c(c(O)c4c(O)c3C)C(=O)[C@@H](O[C@@H]3C[C@@H](O[C@H]4C[C@@H](O)[C@@H](O)[C@@H](C)O4)[C@H](O)[C@H](C)O3)[C@@H]([C@@H](OC)C(=O)[C@@H](O)[C@H](C)O)C5)O[C@H](C)[C@@H]2OC(C)=O)C[C@@H]1O. The van der Waals surface area contributed by atoms with Crippen LogP contribution in [-0.2, 0) is 63.4 Å². The Morgan fingerprint density at radius 3 is 1.90 bits per heavy atom. The summed E-state index contributed by atoms with van der Waals surface area (Å²) in [6.45, 7) is 10.5. The van der Waals surface area contributed by atoms with Crippen LogP contribution in [0.4, 0.5) is 0 Å². The van der Waals surface area contributed by atoms with Gasteiger partial charge in [0.2, 0.25) is 6.29 Å². The highest BCUT2D eigenvalue weighted by Gasteiger charge is 2.50. The number of Topliss-reactive ketones (excluding diaryl/α,β-unsaturated/α-hetero) is 2. The number of aromatic hydroxyl groups is 2. The normalized spacial score (nSPS) is 38.4. The Morgan fingerprint density at radius 1 is 0.729 bits per heavy atom. The number of ketones is 2. The van der Waals surface area contributed by atoms with Crippen LogP contribution < -0.4 is 4.74 Å². The Balaban J connectivity index is 1.19. The molecule has 7 rings (SSSR count). The van der Waals surface area contributed by atoms with Gasteiger partial charge in [-0.1, -0.05) is 0 Å². The van der Waals surface area contributed by atoms with Crippen molar-refractivity contribution in [2.24, 2.45) is 5.92 Å². The maximum absolute atomic E-state index is 14.9. The molecule has 0 aromatic heterocycles. The second kappa shape index (κ2) is 22.2. The van der Waals surface area contributed by atoms with Gasteiger partial charge in [0, 0.05) is 58.3 Å². The van der Waals surface area contributed by atoms with Crippen LogP contribution in [0.2, 0.25) is 0 Å². The van der Waals surface area contributed by atoms with Crippen molar-refractivity contribution < 1.29 is 107 Å². The van der Waals surface area contributed by atoms with Crippen molar-refractivity contribution in [2.45, 2.75) is 203 Å². The van der Waals surface area contributed by atoms with Crippen molar-refractivity contribution in [3.8, 4) is 17.2 Å². The number of methoxy groups -OCH3 is 2. The van der Waals surface area contributed by atoms with Crippen LogP contribution in [0.15, 0.2) is 12.1 Å². The maximum atomic E-state index is 14.9. The number of ether oxygens (including phenoxy) is 11. The Morgan fingerprint density at radius 2 is 1.30 bits per heavy atom. The van der Waals surface area contributed by atoms with Crippen molar-refractivity contribution in [3.05, 3.63) is 28.8 Å². The fraction of sp³-hybridized carbons (Fsp3) is 0.729. The van der Waals surface area contributed by atoms with Gasteiger partial charge in [0.15, 0.2) is 36.5 Å². The molecular formula is C48H68O22. The largest absolute Gasteiger partial charge is 0.507 e. The molecule has 21 atom stereocenters. The first-order valence-electron chi connectivity index (χ1n) is 23.7. The number of benzene rings is 2. The second-order valence-corrected chi connectivity index (χ2v) is 19.1. The average Bonchev–Trinajstić information content (AvgIpc) is 3.28.